The van der Waals surface area contributed by atoms with Crippen LogP contribution in [-0.4, -0.2) is 0 Å². The summed E-state index contributed by atoms with van der Waals surface area (Å²) in [5.41, 5.74) is 2.46. The van der Waals surface area contributed by atoms with Crippen molar-refractivity contribution in [2.45, 2.75) is 65.2 Å². The van der Waals surface area contributed by atoms with E-state index < -0.39 is 0 Å². The van der Waals surface area contributed by atoms with Gasteiger partial charge in [-0.15, -0.1) is 0 Å². The van der Waals surface area contributed by atoms with E-state index in [-0.39, 0.29) is 0 Å². The number of aryl methyl sites for hydroxylation is 1. The molecule has 0 N–H and O–H groups in total. The van der Waals surface area contributed by atoms with Crippen molar-refractivity contribution >= 4 is 0 Å². The fourth-order valence-corrected chi connectivity index (χ4v) is 3.42. The van der Waals surface area contributed by atoms with Gasteiger partial charge in [0.15, 0.2) is 0 Å². The van der Waals surface area contributed by atoms with Crippen LogP contribution in [0, 0.1) is 35.5 Å². The van der Waals surface area contributed by atoms with E-state index in [1.165, 1.54) is 50.5 Å². The first-order chi connectivity index (χ1) is 11.8. The van der Waals surface area contributed by atoms with Gasteiger partial charge in [0.25, 0.3) is 0 Å². The van der Waals surface area contributed by atoms with Crippen LogP contribution < -0.4 is 0 Å². The lowest BCUT2D eigenvalue weighted by molar-refractivity contribution is 0.300. The van der Waals surface area contributed by atoms with Crippen molar-refractivity contribution in [3.63, 3.8) is 0 Å². The molecule has 0 aromatic heterocycles. The van der Waals surface area contributed by atoms with Gasteiger partial charge in [0, 0.05) is 11.5 Å². The summed E-state index contributed by atoms with van der Waals surface area (Å²) in [5.74, 6) is 14.4. The molecule has 1 aliphatic carbocycles. The van der Waals surface area contributed by atoms with Gasteiger partial charge in [-0.05, 0) is 67.9 Å². The van der Waals surface area contributed by atoms with Gasteiger partial charge in [0.2, 0.25) is 0 Å². The van der Waals surface area contributed by atoms with Crippen LogP contribution in [0.4, 0.5) is 0 Å². The maximum Gasteiger partial charge on any atom is 0.0249 e. The lowest BCUT2D eigenvalue weighted by atomic mass is 9.80. The van der Waals surface area contributed by atoms with Crippen molar-refractivity contribution < 1.29 is 0 Å². The Hall–Kier alpha value is -1.92. The van der Waals surface area contributed by atoms with Crippen LogP contribution in [0.1, 0.15) is 69.9 Å². The molecule has 1 fully saturated rings. The van der Waals surface area contributed by atoms with Crippen LogP contribution in [-0.2, 0) is 6.42 Å². The molecule has 0 heteroatoms. The minimum Gasteiger partial charge on any atom is -0.0951 e. The smallest absolute Gasteiger partial charge is 0.0249 e. The van der Waals surface area contributed by atoms with Gasteiger partial charge in [-0.2, -0.15) is 0 Å². The van der Waals surface area contributed by atoms with Gasteiger partial charge in [-0.1, -0.05) is 68.9 Å². The van der Waals surface area contributed by atoms with E-state index in [4.69, 9.17) is 0 Å². The van der Waals surface area contributed by atoms with E-state index in [0.717, 1.165) is 17.9 Å². The van der Waals surface area contributed by atoms with Crippen LogP contribution in [0.3, 0.4) is 0 Å². The standard InChI is InChI=1S/C24H30/c1-3-9-21-13-17-23(18-14-21)11-7-5-6-8-12-24-19-15-22(10-4-2)16-20-24/h5-6,13-14,17-18,22,24H,3-4,9-10,15-16,19-20H2,1-2H3/b6-5+/t22-,24-. The van der Waals surface area contributed by atoms with Crippen molar-refractivity contribution in [2.24, 2.45) is 11.8 Å². The summed E-state index contributed by atoms with van der Waals surface area (Å²) in [5, 5.41) is 0. The maximum atomic E-state index is 3.40. The molecule has 0 saturated heterocycles. The van der Waals surface area contributed by atoms with Crippen LogP contribution >= 0.6 is 0 Å². The molecule has 2 rings (SSSR count). The van der Waals surface area contributed by atoms with E-state index in [2.05, 4.69) is 61.8 Å². The molecule has 0 amide bonds. The predicted molar refractivity (Wildman–Crippen MR) is 105 cm³/mol. The molecule has 0 spiro atoms. The Kier molecular flexibility index (Phi) is 8.27. The molecule has 0 heterocycles. The van der Waals surface area contributed by atoms with E-state index >= 15 is 0 Å². The molecule has 0 radical (unpaired) electrons. The van der Waals surface area contributed by atoms with E-state index in [1.54, 1.807) is 0 Å². The van der Waals surface area contributed by atoms with Crippen molar-refractivity contribution in [1.82, 2.24) is 0 Å². The Labute approximate surface area is 148 Å². The van der Waals surface area contributed by atoms with Crippen LogP contribution in [0.15, 0.2) is 36.4 Å². The molecule has 0 unspecified atom stereocenters. The zero-order valence-corrected chi connectivity index (χ0v) is 15.3. The quantitative estimate of drug-likeness (QED) is 0.583. The molecule has 126 valence electrons. The summed E-state index contributed by atoms with van der Waals surface area (Å²) in [6.45, 7) is 4.49. The summed E-state index contributed by atoms with van der Waals surface area (Å²) >= 11 is 0. The summed E-state index contributed by atoms with van der Waals surface area (Å²) in [6, 6.07) is 8.55. The highest BCUT2D eigenvalue weighted by Gasteiger charge is 2.18. The highest BCUT2D eigenvalue weighted by atomic mass is 14.2. The Balaban J connectivity index is 1.76. The molecule has 1 aromatic carbocycles. The van der Waals surface area contributed by atoms with E-state index in [9.17, 15) is 0 Å². The predicted octanol–water partition coefficient (Wildman–Crippen LogP) is 6.16. The second kappa shape index (κ2) is 10.8. The third-order valence-electron chi connectivity index (χ3n) is 4.79. The number of rotatable bonds is 4. The second-order valence-electron chi connectivity index (χ2n) is 6.84. The maximum absolute atomic E-state index is 3.40. The van der Waals surface area contributed by atoms with Gasteiger partial charge in [-0.25, -0.2) is 0 Å². The van der Waals surface area contributed by atoms with Crippen molar-refractivity contribution in [3.05, 3.63) is 47.5 Å². The van der Waals surface area contributed by atoms with Crippen molar-refractivity contribution in [2.75, 3.05) is 0 Å². The van der Waals surface area contributed by atoms with Crippen LogP contribution in [0.2, 0.25) is 0 Å². The molecule has 1 aliphatic rings. The van der Waals surface area contributed by atoms with Gasteiger partial charge in [-0.3, -0.25) is 0 Å². The Bertz CT molecular complexity index is 617. The van der Waals surface area contributed by atoms with Crippen molar-refractivity contribution in [1.29, 1.82) is 0 Å². The molecule has 1 aromatic rings. The van der Waals surface area contributed by atoms with Crippen molar-refractivity contribution in [3.8, 4) is 23.7 Å². The van der Waals surface area contributed by atoms with Gasteiger partial charge in [0.05, 0.1) is 0 Å². The molecule has 1 saturated carbocycles. The third kappa shape index (κ3) is 6.68. The number of hydrogen-bond donors (Lipinski definition) is 0. The second-order valence-corrected chi connectivity index (χ2v) is 6.84. The fraction of sp³-hybridized carbons (Fsp3) is 0.500. The minimum absolute atomic E-state index is 0.599. The third-order valence-corrected chi connectivity index (χ3v) is 4.79. The summed E-state index contributed by atoms with van der Waals surface area (Å²) in [4.78, 5) is 0. The first-order valence-electron chi connectivity index (χ1n) is 9.58. The number of benzene rings is 1. The first kappa shape index (κ1) is 18.4. The summed E-state index contributed by atoms with van der Waals surface area (Å²) in [6.07, 6.45) is 14.1. The van der Waals surface area contributed by atoms with Crippen LogP contribution in [0.5, 0.6) is 0 Å². The average molecular weight is 319 g/mol. The lowest BCUT2D eigenvalue weighted by Gasteiger charge is -2.25. The molecule has 0 atom stereocenters. The van der Waals surface area contributed by atoms with Gasteiger partial charge in [0.1, 0.15) is 0 Å². The van der Waals surface area contributed by atoms with E-state index in [1.807, 2.05) is 12.2 Å². The topological polar surface area (TPSA) is 0 Å². The molecular weight excluding hydrogens is 288 g/mol. The highest BCUT2D eigenvalue weighted by molar-refractivity contribution is 5.39. The van der Waals surface area contributed by atoms with Gasteiger partial charge >= 0.3 is 0 Å². The average Bonchev–Trinajstić information content (AvgIpc) is 2.61. The number of allylic oxidation sites excluding steroid dienone is 2. The normalized spacial score (nSPS) is 20.1. The summed E-state index contributed by atoms with van der Waals surface area (Å²) in [7, 11) is 0. The molecule has 0 bridgehead atoms. The molecule has 0 aliphatic heterocycles. The molecule has 0 nitrogen and oxygen atoms in total. The Morgan fingerprint density at radius 2 is 1.62 bits per heavy atom. The zero-order valence-electron chi connectivity index (χ0n) is 15.3. The Morgan fingerprint density at radius 3 is 2.29 bits per heavy atom. The number of hydrogen-bond acceptors (Lipinski definition) is 0. The lowest BCUT2D eigenvalue weighted by Crippen LogP contribution is -2.12. The minimum atomic E-state index is 0.599. The highest BCUT2D eigenvalue weighted by Crippen LogP contribution is 2.30. The first-order valence-corrected chi connectivity index (χ1v) is 9.58. The van der Waals surface area contributed by atoms with Gasteiger partial charge < -0.3 is 0 Å². The largest absolute Gasteiger partial charge is 0.0951 e. The zero-order chi connectivity index (χ0) is 17.0. The molecular formula is C24H30. The Morgan fingerprint density at radius 1 is 0.917 bits per heavy atom. The monoisotopic (exact) mass is 318 g/mol. The van der Waals surface area contributed by atoms with E-state index in [0.29, 0.717) is 5.92 Å². The van der Waals surface area contributed by atoms with Crippen LogP contribution in [0.25, 0.3) is 0 Å². The summed E-state index contributed by atoms with van der Waals surface area (Å²) < 4.78 is 0. The fourth-order valence-electron chi connectivity index (χ4n) is 3.42. The molecule has 24 heavy (non-hydrogen) atoms. The SMILES string of the molecule is CCCc1ccc(C#C/C=C/C#C[C@H]2CC[C@H](CCC)CC2)cc1.